The van der Waals surface area contributed by atoms with E-state index in [1.807, 2.05) is 31.2 Å². The summed E-state index contributed by atoms with van der Waals surface area (Å²) in [7, 11) is 1.76. The Labute approximate surface area is 266 Å². The van der Waals surface area contributed by atoms with Crippen LogP contribution in [-0.4, -0.2) is 79.7 Å². The van der Waals surface area contributed by atoms with Crippen LogP contribution in [0.5, 0.6) is 11.5 Å². The van der Waals surface area contributed by atoms with Gasteiger partial charge in [0.05, 0.1) is 24.8 Å². The predicted octanol–water partition coefficient (Wildman–Crippen LogP) is 5.50. The summed E-state index contributed by atoms with van der Waals surface area (Å²) in [5.41, 5.74) is 6.57. The van der Waals surface area contributed by atoms with E-state index in [-0.39, 0.29) is 6.10 Å². The average molecular weight is 616 g/mol. The molecule has 0 spiro atoms. The SMILES string of the molecule is CCO[C@H]1CN(c2cccc(-c3cc(C)ccc3OCc3cc4c(c(OC)c3)CN(C3CCOCC3)CC4)n2)CC[C@H]1C(=O)O. The van der Waals surface area contributed by atoms with Crippen molar-refractivity contribution in [2.75, 3.05) is 51.5 Å². The van der Waals surface area contributed by atoms with Gasteiger partial charge >= 0.3 is 5.97 Å². The number of fused-ring (bicyclic) bond motifs is 1. The van der Waals surface area contributed by atoms with E-state index in [0.717, 1.165) is 85.3 Å². The summed E-state index contributed by atoms with van der Waals surface area (Å²) >= 11 is 0. The molecule has 1 aromatic heterocycles. The molecule has 0 saturated carbocycles. The number of anilines is 1. The van der Waals surface area contributed by atoms with Crippen LogP contribution < -0.4 is 14.4 Å². The van der Waals surface area contributed by atoms with Gasteiger partial charge in [0.1, 0.15) is 23.9 Å². The van der Waals surface area contributed by atoms with E-state index in [4.69, 9.17) is 23.9 Å². The molecule has 1 N–H and O–H groups in total. The highest BCUT2D eigenvalue weighted by Crippen LogP contribution is 2.35. The number of carboxylic acids is 1. The van der Waals surface area contributed by atoms with Gasteiger partial charge in [-0.05, 0) is 81.0 Å². The van der Waals surface area contributed by atoms with Crippen LogP contribution >= 0.6 is 0 Å². The number of nitrogens with zero attached hydrogens (tertiary/aromatic N) is 3. The molecular weight excluding hydrogens is 570 g/mol. The topological polar surface area (TPSA) is 93.6 Å². The number of aliphatic carboxylic acids is 1. The molecule has 2 aromatic carbocycles. The second-order valence-electron chi connectivity index (χ2n) is 12.3. The maximum Gasteiger partial charge on any atom is 0.309 e. The monoisotopic (exact) mass is 615 g/mol. The third kappa shape index (κ3) is 7.11. The lowest BCUT2D eigenvalue weighted by atomic mass is 9.93. The fraction of sp³-hybridized carbons (Fsp3) is 0.500. The fourth-order valence-corrected chi connectivity index (χ4v) is 7.01. The highest BCUT2D eigenvalue weighted by atomic mass is 16.5. The Hall–Kier alpha value is -3.66. The molecule has 9 heteroatoms. The minimum atomic E-state index is -0.801. The van der Waals surface area contributed by atoms with Gasteiger partial charge in [-0.3, -0.25) is 9.69 Å². The van der Waals surface area contributed by atoms with Crippen LogP contribution in [0.4, 0.5) is 5.82 Å². The molecule has 0 amide bonds. The van der Waals surface area contributed by atoms with E-state index in [9.17, 15) is 9.90 Å². The summed E-state index contributed by atoms with van der Waals surface area (Å²) in [5.74, 6) is 1.20. The first-order valence-corrected chi connectivity index (χ1v) is 16.2. The van der Waals surface area contributed by atoms with Gasteiger partial charge in [0.2, 0.25) is 0 Å². The molecule has 45 heavy (non-hydrogen) atoms. The van der Waals surface area contributed by atoms with Gasteiger partial charge < -0.3 is 29.0 Å². The molecule has 2 atom stereocenters. The summed E-state index contributed by atoms with van der Waals surface area (Å²) in [5, 5.41) is 9.68. The third-order valence-corrected chi connectivity index (χ3v) is 9.44. The van der Waals surface area contributed by atoms with Crippen LogP contribution in [-0.2, 0) is 33.8 Å². The molecule has 2 saturated heterocycles. The Morgan fingerprint density at radius 3 is 2.69 bits per heavy atom. The lowest BCUT2D eigenvalue weighted by Gasteiger charge is -2.38. The van der Waals surface area contributed by atoms with E-state index in [1.165, 1.54) is 11.1 Å². The van der Waals surface area contributed by atoms with Gasteiger partial charge in [0.25, 0.3) is 0 Å². The minimum absolute atomic E-state index is 0.372. The van der Waals surface area contributed by atoms with Crippen molar-refractivity contribution in [3.8, 4) is 22.8 Å². The number of methoxy groups -OCH3 is 1. The number of hydrogen-bond donors (Lipinski definition) is 1. The van der Waals surface area contributed by atoms with E-state index >= 15 is 0 Å². The molecule has 6 rings (SSSR count). The van der Waals surface area contributed by atoms with Gasteiger partial charge in [-0.25, -0.2) is 4.98 Å². The molecule has 3 aliphatic heterocycles. The average Bonchev–Trinajstić information content (AvgIpc) is 3.07. The third-order valence-electron chi connectivity index (χ3n) is 9.44. The van der Waals surface area contributed by atoms with Crippen molar-refractivity contribution in [1.29, 1.82) is 0 Å². The van der Waals surface area contributed by atoms with E-state index in [0.29, 0.717) is 38.8 Å². The van der Waals surface area contributed by atoms with Gasteiger partial charge in [0, 0.05) is 63.2 Å². The number of carboxylic acid groups (broad SMARTS) is 1. The van der Waals surface area contributed by atoms with Crippen molar-refractivity contribution in [3.05, 3.63) is 70.8 Å². The Morgan fingerprint density at radius 2 is 1.91 bits per heavy atom. The second kappa shape index (κ2) is 14.2. The van der Waals surface area contributed by atoms with E-state index in [1.54, 1.807) is 7.11 Å². The zero-order chi connectivity index (χ0) is 31.3. The van der Waals surface area contributed by atoms with Crippen molar-refractivity contribution < 1.29 is 28.8 Å². The zero-order valence-electron chi connectivity index (χ0n) is 26.7. The molecule has 2 fully saturated rings. The predicted molar refractivity (Wildman–Crippen MR) is 173 cm³/mol. The number of aryl methyl sites for hydroxylation is 1. The fourth-order valence-electron chi connectivity index (χ4n) is 7.01. The van der Waals surface area contributed by atoms with Crippen molar-refractivity contribution in [2.45, 2.75) is 64.8 Å². The molecule has 240 valence electrons. The molecule has 0 aliphatic carbocycles. The summed E-state index contributed by atoms with van der Waals surface area (Å²) in [4.78, 5) is 21.5. The van der Waals surface area contributed by atoms with Crippen LogP contribution in [0.2, 0.25) is 0 Å². The Bertz CT molecular complexity index is 1470. The zero-order valence-corrected chi connectivity index (χ0v) is 26.7. The lowest BCUT2D eigenvalue weighted by Crippen LogP contribution is -2.48. The van der Waals surface area contributed by atoms with Gasteiger partial charge in [-0.15, -0.1) is 0 Å². The normalized spacial score (nSPS) is 20.9. The first kappa shape index (κ1) is 31.3. The number of pyridine rings is 1. The Balaban J connectivity index is 1.19. The van der Waals surface area contributed by atoms with Crippen molar-refractivity contribution in [3.63, 3.8) is 0 Å². The van der Waals surface area contributed by atoms with Crippen LogP contribution in [0.1, 0.15) is 48.4 Å². The Kier molecular flexibility index (Phi) is 9.88. The second-order valence-corrected chi connectivity index (χ2v) is 12.3. The van der Waals surface area contributed by atoms with Crippen LogP contribution in [0.25, 0.3) is 11.3 Å². The van der Waals surface area contributed by atoms with Gasteiger partial charge in [0.15, 0.2) is 0 Å². The summed E-state index contributed by atoms with van der Waals surface area (Å²) < 4.78 is 23.8. The number of carbonyl (C=O) groups is 1. The van der Waals surface area contributed by atoms with Crippen molar-refractivity contribution in [2.24, 2.45) is 5.92 Å². The first-order chi connectivity index (χ1) is 21.9. The van der Waals surface area contributed by atoms with E-state index in [2.05, 4.69) is 41.0 Å². The number of rotatable bonds is 10. The van der Waals surface area contributed by atoms with Crippen molar-refractivity contribution >= 4 is 11.8 Å². The molecular formula is C36H45N3O6. The molecule has 0 radical (unpaired) electrons. The number of benzene rings is 2. The van der Waals surface area contributed by atoms with Gasteiger partial charge in [-0.1, -0.05) is 23.8 Å². The van der Waals surface area contributed by atoms with Crippen LogP contribution in [0, 0.1) is 12.8 Å². The molecule has 4 heterocycles. The highest BCUT2D eigenvalue weighted by molar-refractivity contribution is 5.72. The van der Waals surface area contributed by atoms with E-state index < -0.39 is 11.9 Å². The molecule has 3 aliphatic rings. The Morgan fingerprint density at radius 1 is 1.07 bits per heavy atom. The lowest BCUT2D eigenvalue weighted by molar-refractivity contribution is -0.148. The van der Waals surface area contributed by atoms with Crippen molar-refractivity contribution in [1.82, 2.24) is 9.88 Å². The summed E-state index contributed by atoms with van der Waals surface area (Å²) in [6.45, 7) is 9.63. The number of piperidine rings is 1. The molecule has 0 bridgehead atoms. The van der Waals surface area contributed by atoms with Gasteiger partial charge in [-0.2, -0.15) is 0 Å². The van der Waals surface area contributed by atoms with Crippen LogP contribution in [0.15, 0.2) is 48.5 Å². The largest absolute Gasteiger partial charge is 0.496 e. The smallest absolute Gasteiger partial charge is 0.309 e. The number of aromatic nitrogens is 1. The summed E-state index contributed by atoms with van der Waals surface area (Å²) in [6.07, 6.45) is 3.33. The summed E-state index contributed by atoms with van der Waals surface area (Å²) in [6, 6.07) is 17.1. The highest BCUT2D eigenvalue weighted by Gasteiger charge is 2.35. The number of hydrogen-bond acceptors (Lipinski definition) is 8. The minimum Gasteiger partial charge on any atom is -0.496 e. The first-order valence-electron chi connectivity index (χ1n) is 16.2. The maximum atomic E-state index is 11.8. The molecule has 0 unspecified atom stereocenters. The quantitative estimate of drug-likeness (QED) is 0.318. The molecule has 9 nitrogen and oxygen atoms in total. The molecule has 3 aromatic rings. The maximum absolute atomic E-state index is 11.8. The number of ether oxygens (including phenoxy) is 4. The van der Waals surface area contributed by atoms with Crippen LogP contribution in [0.3, 0.4) is 0 Å². The standard InChI is InChI=1S/C36H45N3O6/c1-4-44-34-22-39(15-11-28(34)36(40)41)35-7-5-6-31(37-35)29-18-24(2)8-9-32(29)45-23-25-19-26-10-14-38(27-12-16-43-17-13-27)21-30(26)33(20-25)42-3/h5-9,18-20,27-28,34H,4,10-17,21-23H2,1-3H3,(H,40,41)/t28-,34+/m1/s1.